The maximum atomic E-state index is 9.71. The van der Waals surface area contributed by atoms with Crippen molar-refractivity contribution in [2.45, 2.75) is 74.5 Å². The van der Waals surface area contributed by atoms with Gasteiger partial charge in [-0.2, -0.15) is 0 Å². The van der Waals surface area contributed by atoms with Gasteiger partial charge in [-0.05, 0) is 12.8 Å². The minimum absolute atomic E-state index is 0.0578. The molecule has 0 radical (unpaired) electrons. The van der Waals surface area contributed by atoms with Crippen LogP contribution in [0.25, 0.3) is 0 Å². The highest BCUT2D eigenvalue weighted by Gasteiger charge is 2.48. The van der Waals surface area contributed by atoms with Crippen LogP contribution in [0.3, 0.4) is 0 Å². The lowest BCUT2D eigenvalue weighted by Crippen LogP contribution is -2.33. The van der Waals surface area contributed by atoms with Crippen molar-refractivity contribution < 1.29 is 38.6 Å². The van der Waals surface area contributed by atoms with Gasteiger partial charge in [-0.3, -0.25) is 0 Å². The molecule has 4 saturated heterocycles. The van der Waals surface area contributed by atoms with Crippen molar-refractivity contribution in [3.63, 3.8) is 0 Å². The molecule has 0 aliphatic carbocycles. The molecule has 4 heterocycles. The summed E-state index contributed by atoms with van der Waals surface area (Å²) in [6, 6.07) is 0. The van der Waals surface area contributed by atoms with Gasteiger partial charge >= 0.3 is 0 Å². The summed E-state index contributed by atoms with van der Waals surface area (Å²) in [6.45, 7) is 3.05. The maximum Gasteiger partial charge on any atom is 0.115 e. The Balaban J connectivity index is 1.01. The third kappa shape index (κ3) is 4.07. The molecule has 0 bridgehead atoms. The SMILES string of the molecule is O[C@@H]1COC2C1OC[C@@H]2OCCCCCCO[C@H]1COC2C1OC[C@H]2O. The fourth-order valence-corrected chi connectivity index (χ4v) is 4.20. The number of ether oxygens (including phenoxy) is 6. The summed E-state index contributed by atoms with van der Waals surface area (Å²) >= 11 is 0. The van der Waals surface area contributed by atoms with Gasteiger partial charge in [0.1, 0.15) is 48.8 Å². The Morgan fingerprint density at radius 2 is 1.00 bits per heavy atom. The van der Waals surface area contributed by atoms with Gasteiger partial charge in [-0.1, -0.05) is 12.8 Å². The van der Waals surface area contributed by atoms with Crippen LogP contribution in [-0.2, 0) is 28.4 Å². The second kappa shape index (κ2) is 8.79. The molecule has 4 unspecified atom stereocenters. The van der Waals surface area contributed by atoms with Crippen LogP contribution < -0.4 is 0 Å². The van der Waals surface area contributed by atoms with Gasteiger partial charge < -0.3 is 38.6 Å². The van der Waals surface area contributed by atoms with E-state index in [2.05, 4.69) is 0 Å². The van der Waals surface area contributed by atoms with Crippen LogP contribution in [0.4, 0.5) is 0 Å². The summed E-state index contributed by atoms with van der Waals surface area (Å²) in [5.74, 6) is 0. The zero-order valence-electron chi connectivity index (χ0n) is 15.0. The van der Waals surface area contributed by atoms with Crippen LogP contribution in [-0.4, -0.2) is 98.7 Å². The van der Waals surface area contributed by atoms with Crippen LogP contribution in [0.2, 0.25) is 0 Å². The molecule has 4 fully saturated rings. The summed E-state index contributed by atoms with van der Waals surface area (Å²) in [5.41, 5.74) is 0. The van der Waals surface area contributed by atoms with Crippen molar-refractivity contribution in [2.75, 3.05) is 39.6 Å². The molecule has 2 N–H and O–H groups in total. The third-order valence-corrected chi connectivity index (χ3v) is 5.67. The summed E-state index contributed by atoms with van der Waals surface area (Å²) in [4.78, 5) is 0. The molecule has 0 aromatic rings. The fourth-order valence-electron chi connectivity index (χ4n) is 4.20. The average Bonchev–Trinajstić information content (AvgIpc) is 3.37. The molecule has 0 spiro atoms. The molecule has 0 saturated carbocycles. The van der Waals surface area contributed by atoms with Gasteiger partial charge in [0, 0.05) is 13.2 Å². The summed E-state index contributed by atoms with van der Waals surface area (Å²) < 4.78 is 33.9. The number of hydrogen-bond acceptors (Lipinski definition) is 8. The fraction of sp³-hybridized carbons (Fsp3) is 1.00. The molecule has 8 atom stereocenters. The van der Waals surface area contributed by atoms with Gasteiger partial charge in [0.2, 0.25) is 0 Å². The molecule has 26 heavy (non-hydrogen) atoms. The lowest BCUT2D eigenvalue weighted by Gasteiger charge is -2.17. The molecule has 150 valence electrons. The molecule has 4 rings (SSSR count). The van der Waals surface area contributed by atoms with E-state index in [-0.39, 0.29) is 36.6 Å². The van der Waals surface area contributed by atoms with Crippen LogP contribution >= 0.6 is 0 Å². The molecular formula is C18H30O8. The summed E-state index contributed by atoms with van der Waals surface area (Å²) in [6.07, 6.45) is 2.30. The van der Waals surface area contributed by atoms with Crippen LogP contribution in [0, 0.1) is 0 Å². The van der Waals surface area contributed by atoms with Crippen molar-refractivity contribution in [2.24, 2.45) is 0 Å². The van der Waals surface area contributed by atoms with Gasteiger partial charge in [-0.15, -0.1) is 0 Å². The Hall–Kier alpha value is -0.320. The van der Waals surface area contributed by atoms with Crippen molar-refractivity contribution in [3.8, 4) is 0 Å². The molecule has 8 heteroatoms. The Morgan fingerprint density at radius 1 is 0.577 bits per heavy atom. The molecule has 0 amide bonds. The summed E-state index contributed by atoms with van der Waals surface area (Å²) in [7, 11) is 0. The molecule has 4 aliphatic rings. The van der Waals surface area contributed by atoms with E-state index in [1.54, 1.807) is 0 Å². The monoisotopic (exact) mass is 374 g/mol. The highest BCUT2D eigenvalue weighted by Crippen LogP contribution is 2.30. The Kier molecular flexibility index (Phi) is 6.43. The Morgan fingerprint density at radius 3 is 1.46 bits per heavy atom. The number of aliphatic hydroxyl groups is 2. The summed E-state index contributed by atoms with van der Waals surface area (Å²) in [5, 5.41) is 19.4. The van der Waals surface area contributed by atoms with E-state index < -0.39 is 12.2 Å². The highest BCUT2D eigenvalue weighted by molar-refractivity contribution is 4.95. The second-order valence-electron chi connectivity index (χ2n) is 7.56. The topological polar surface area (TPSA) is 95.8 Å². The van der Waals surface area contributed by atoms with Gasteiger partial charge in [0.05, 0.1) is 26.4 Å². The molecule has 8 nitrogen and oxygen atoms in total. The number of hydrogen-bond donors (Lipinski definition) is 2. The van der Waals surface area contributed by atoms with Crippen molar-refractivity contribution in [1.82, 2.24) is 0 Å². The van der Waals surface area contributed by atoms with E-state index in [9.17, 15) is 10.2 Å². The first-order chi connectivity index (χ1) is 12.7. The molecular weight excluding hydrogens is 344 g/mol. The largest absolute Gasteiger partial charge is 0.388 e. The number of unbranched alkanes of at least 4 members (excludes halogenated alkanes) is 3. The van der Waals surface area contributed by atoms with Crippen molar-refractivity contribution in [3.05, 3.63) is 0 Å². The standard InChI is InChI=1S/C18H30O8/c19-11-7-23-17-13(9-25-15(11)17)21-5-3-1-2-4-6-22-14-10-26-16-12(20)8-24-18(14)16/h11-20H,1-10H2/t11-,12-,13+,14+,15?,16?,17?,18?/m1/s1. The lowest BCUT2D eigenvalue weighted by atomic mass is 10.1. The predicted molar refractivity (Wildman–Crippen MR) is 88.9 cm³/mol. The first-order valence-corrected chi connectivity index (χ1v) is 9.80. The van der Waals surface area contributed by atoms with Crippen molar-refractivity contribution >= 4 is 0 Å². The predicted octanol–water partition coefficient (Wildman–Crippen LogP) is -0.366. The van der Waals surface area contributed by atoms with E-state index in [1.807, 2.05) is 0 Å². The van der Waals surface area contributed by atoms with E-state index in [4.69, 9.17) is 28.4 Å². The Labute approximate surface area is 153 Å². The first kappa shape index (κ1) is 19.0. The maximum absolute atomic E-state index is 9.71. The zero-order valence-corrected chi connectivity index (χ0v) is 15.0. The van der Waals surface area contributed by atoms with Crippen LogP contribution in [0.1, 0.15) is 25.7 Å². The number of rotatable bonds is 9. The van der Waals surface area contributed by atoms with E-state index in [0.29, 0.717) is 39.6 Å². The quantitative estimate of drug-likeness (QED) is 0.528. The first-order valence-electron chi connectivity index (χ1n) is 9.80. The molecule has 0 aromatic carbocycles. The van der Waals surface area contributed by atoms with Crippen LogP contribution in [0.5, 0.6) is 0 Å². The van der Waals surface area contributed by atoms with Gasteiger partial charge in [0.25, 0.3) is 0 Å². The van der Waals surface area contributed by atoms with Crippen molar-refractivity contribution in [1.29, 1.82) is 0 Å². The smallest absolute Gasteiger partial charge is 0.115 e. The third-order valence-electron chi connectivity index (χ3n) is 5.67. The number of aliphatic hydroxyl groups excluding tert-OH is 2. The van der Waals surface area contributed by atoms with E-state index in [0.717, 1.165) is 25.7 Å². The average molecular weight is 374 g/mol. The van der Waals surface area contributed by atoms with Gasteiger partial charge in [-0.25, -0.2) is 0 Å². The molecule has 4 aliphatic heterocycles. The van der Waals surface area contributed by atoms with E-state index in [1.165, 1.54) is 0 Å². The number of fused-ring (bicyclic) bond motifs is 2. The van der Waals surface area contributed by atoms with Crippen LogP contribution in [0.15, 0.2) is 0 Å². The second-order valence-corrected chi connectivity index (χ2v) is 7.56. The lowest BCUT2D eigenvalue weighted by molar-refractivity contribution is -0.0403. The van der Waals surface area contributed by atoms with E-state index >= 15 is 0 Å². The minimum Gasteiger partial charge on any atom is -0.388 e. The highest BCUT2D eigenvalue weighted by atomic mass is 16.6. The minimum atomic E-state index is -0.521. The normalized spacial score (nSPS) is 44.5. The zero-order chi connectivity index (χ0) is 17.9. The molecule has 0 aromatic heterocycles. The van der Waals surface area contributed by atoms with Gasteiger partial charge in [0.15, 0.2) is 0 Å². The Bertz CT molecular complexity index is 409.